The lowest BCUT2D eigenvalue weighted by molar-refractivity contribution is -0.142. The van der Waals surface area contributed by atoms with Crippen molar-refractivity contribution in [2.75, 3.05) is 13.4 Å². The van der Waals surface area contributed by atoms with Crippen molar-refractivity contribution in [1.29, 1.82) is 0 Å². The van der Waals surface area contributed by atoms with Gasteiger partial charge in [-0.25, -0.2) is 4.98 Å². The average molecular weight is 360 g/mol. The molecule has 1 N–H and O–H groups in total. The van der Waals surface area contributed by atoms with E-state index in [0.717, 1.165) is 16.3 Å². The summed E-state index contributed by atoms with van der Waals surface area (Å²) in [5.41, 5.74) is -2.00. The number of alkyl halides is 3. The zero-order valence-corrected chi connectivity index (χ0v) is 14.0. The van der Waals surface area contributed by atoms with Crippen molar-refractivity contribution in [3.8, 4) is 11.5 Å². The van der Waals surface area contributed by atoms with Crippen molar-refractivity contribution in [2.24, 2.45) is 7.05 Å². The van der Waals surface area contributed by atoms with E-state index < -0.39 is 23.0 Å². The van der Waals surface area contributed by atoms with Crippen LogP contribution in [-0.2, 0) is 19.6 Å². The van der Waals surface area contributed by atoms with Gasteiger partial charge in [0.2, 0.25) is 0 Å². The van der Waals surface area contributed by atoms with Crippen molar-refractivity contribution >= 4 is 11.8 Å². The van der Waals surface area contributed by atoms with E-state index in [2.05, 4.69) is 4.98 Å². The number of phenolic OH excluding ortho intramolecular Hbond substituents is 1. The van der Waals surface area contributed by atoms with Gasteiger partial charge in [0.1, 0.15) is 0 Å². The number of rotatable bonds is 4. The number of nitrogens with zero attached hydrogens (tertiary/aromatic N) is 2. The first-order chi connectivity index (χ1) is 11.2. The van der Waals surface area contributed by atoms with Crippen LogP contribution < -0.4 is 10.3 Å². The van der Waals surface area contributed by atoms with Crippen LogP contribution in [0.25, 0.3) is 0 Å². The number of benzene rings is 1. The number of thioether (sulfide) groups is 1. The monoisotopic (exact) mass is 360 g/mol. The Labute approximate surface area is 140 Å². The molecule has 0 saturated heterocycles. The van der Waals surface area contributed by atoms with Gasteiger partial charge in [-0.05, 0) is 24.0 Å². The summed E-state index contributed by atoms with van der Waals surface area (Å²) >= 11 is 0.962. The maximum Gasteiger partial charge on any atom is 0.433 e. The highest BCUT2D eigenvalue weighted by molar-refractivity contribution is 7.98. The first-order valence-electron chi connectivity index (χ1n) is 6.76. The summed E-state index contributed by atoms with van der Waals surface area (Å²) in [4.78, 5) is 16.0. The molecule has 1 heterocycles. The lowest BCUT2D eigenvalue weighted by Gasteiger charge is -2.15. The summed E-state index contributed by atoms with van der Waals surface area (Å²) in [5.74, 6) is -0.0207. The first kappa shape index (κ1) is 18.2. The van der Waals surface area contributed by atoms with Gasteiger partial charge in [0, 0.05) is 13.5 Å². The van der Waals surface area contributed by atoms with E-state index in [9.17, 15) is 23.1 Å². The zero-order chi connectivity index (χ0) is 18.1. The van der Waals surface area contributed by atoms with E-state index in [4.69, 9.17) is 4.74 Å². The van der Waals surface area contributed by atoms with Crippen molar-refractivity contribution in [3.63, 3.8) is 0 Å². The number of methoxy groups -OCH3 is 1. The van der Waals surface area contributed by atoms with Gasteiger partial charge in [-0.2, -0.15) is 13.2 Å². The highest BCUT2D eigenvalue weighted by Crippen LogP contribution is 2.32. The molecule has 0 aliphatic rings. The molecule has 0 aliphatic heterocycles. The molecule has 5 nitrogen and oxygen atoms in total. The van der Waals surface area contributed by atoms with Gasteiger partial charge in [-0.15, -0.1) is 0 Å². The summed E-state index contributed by atoms with van der Waals surface area (Å²) < 4.78 is 45.9. The van der Waals surface area contributed by atoms with Crippen molar-refractivity contribution in [1.82, 2.24) is 9.55 Å². The van der Waals surface area contributed by atoms with E-state index in [0.29, 0.717) is 5.56 Å². The Bertz CT molecular complexity index is 819. The molecule has 24 heavy (non-hydrogen) atoms. The third-order valence-corrected chi connectivity index (χ3v) is 4.15. The molecule has 2 aromatic rings. The number of ether oxygens (including phenoxy) is 1. The molecule has 1 aromatic carbocycles. The Morgan fingerprint density at radius 2 is 2.04 bits per heavy atom. The van der Waals surface area contributed by atoms with Gasteiger partial charge in [0.15, 0.2) is 22.3 Å². The fourth-order valence-electron chi connectivity index (χ4n) is 2.24. The van der Waals surface area contributed by atoms with Crippen LogP contribution in [0.15, 0.2) is 28.2 Å². The number of phenols is 1. The zero-order valence-electron chi connectivity index (χ0n) is 13.1. The molecule has 1 aromatic heterocycles. The number of aromatic hydroxyl groups is 1. The third kappa shape index (κ3) is 3.50. The van der Waals surface area contributed by atoms with Gasteiger partial charge < -0.3 is 9.84 Å². The van der Waals surface area contributed by atoms with Crippen LogP contribution >= 0.6 is 11.8 Å². The molecule has 0 aliphatic carbocycles. The van der Waals surface area contributed by atoms with Crippen LogP contribution in [0.4, 0.5) is 13.2 Å². The number of aromatic nitrogens is 2. The van der Waals surface area contributed by atoms with E-state index in [1.807, 2.05) is 0 Å². The largest absolute Gasteiger partial charge is 0.504 e. The summed E-state index contributed by atoms with van der Waals surface area (Å²) in [6, 6.07) is 4.12. The highest BCUT2D eigenvalue weighted by Gasteiger charge is 2.37. The normalized spacial score (nSPS) is 11.6. The van der Waals surface area contributed by atoms with Gasteiger partial charge >= 0.3 is 6.18 Å². The second-order valence-electron chi connectivity index (χ2n) is 4.97. The Hall–Kier alpha value is -2.16. The van der Waals surface area contributed by atoms with Crippen LogP contribution in [0, 0.1) is 0 Å². The van der Waals surface area contributed by atoms with Crippen LogP contribution in [0.1, 0.15) is 16.8 Å². The first-order valence-corrected chi connectivity index (χ1v) is 7.98. The molecular formula is C15H15F3N2O3S. The van der Waals surface area contributed by atoms with Crippen molar-refractivity contribution in [3.05, 3.63) is 45.4 Å². The SMILES string of the molecule is COc1cc(Cc2c(C(F)(F)F)nc(SC)n(C)c2=O)ccc1O. The predicted molar refractivity (Wildman–Crippen MR) is 83.7 cm³/mol. The van der Waals surface area contributed by atoms with E-state index in [1.54, 1.807) is 6.26 Å². The van der Waals surface area contributed by atoms with Crippen molar-refractivity contribution < 1.29 is 23.0 Å². The molecule has 2 rings (SSSR count). The van der Waals surface area contributed by atoms with Gasteiger partial charge in [0.25, 0.3) is 5.56 Å². The number of halogens is 3. The van der Waals surface area contributed by atoms with E-state index in [1.165, 1.54) is 32.4 Å². The lowest BCUT2D eigenvalue weighted by atomic mass is 10.0. The molecular weight excluding hydrogens is 345 g/mol. The van der Waals surface area contributed by atoms with Crippen LogP contribution in [0.5, 0.6) is 11.5 Å². The van der Waals surface area contributed by atoms with Gasteiger partial charge in [-0.3, -0.25) is 9.36 Å². The third-order valence-electron chi connectivity index (χ3n) is 3.42. The van der Waals surface area contributed by atoms with E-state index >= 15 is 0 Å². The highest BCUT2D eigenvalue weighted by atomic mass is 32.2. The molecule has 0 saturated carbocycles. The van der Waals surface area contributed by atoms with Crippen LogP contribution in [0.2, 0.25) is 0 Å². The molecule has 0 fully saturated rings. The maximum atomic E-state index is 13.3. The van der Waals surface area contributed by atoms with Gasteiger partial charge in [-0.1, -0.05) is 17.8 Å². The minimum Gasteiger partial charge on any atom is -0.504 e. The van der Waals surface area contributed by atoms with Crippen LogP contribution in [-0.4, -0.2) is 28.0 Å². The number of hydrogen-bond donors (Lipinski definition) is 1. The smallest absolute Gasteiger partial charge is 0.433 e. The molecule has 9 heteroatoms. The molecule has 0 atom stereocenters. The summed E-state index contributed by atoms with van der Waals surface area (Å²) in [7, 11) is 2.70. The summed E-state index contributed by atoms with van der Waals surface area (Å²) in [6.07, 6.45) is -3.47. The topological polar surface area (TPSA) is 64.4 Å². The summed E-state index contributed by atoms with van der Waals surface area (Å²) in [6.45, 7) is 0. The Morgan fingerprint density at radius 3 is 2.58 bits per heavy atom. The minimum absolute atomic E-state index is 0.0145. The minimum atomic E-state index is -4.74. The molecule has 0 radical (unpaired) electrons. The Morgan fingerprint density at radius 1 is 1.38 bits per heavy atom. The molecule has 0 unspecified atom stereocenters. The molecule has 0 amide bonds. The van der Waals surface area contributed by atoms with Gasteiger partial charge in [0.05, 0.1) is 12.7 Å². The Balaban J connectivity index is 2.61. The molecule has 0 spiro atoms. The van der Waals surface area contributed by atoms with E-state index in [-0.39, 0.29) is 23.1 Å². The average Bonchev–Trinajstić information content (AvgIpc) is 2.52. The predicted octanol–water partition coefficient (Wildman–Crippen LogP) is 2.83. The quantitative estimate of drug-likeness (QED) is 0.671. The lowest BCUT2D eigenvalue weighted by Crippen LogP contribution is -2.29. The van der Waals surface area contributed by atoms with Crippen LogP contribution in [0.3, 0.4) is 0 Å². The molecule has 130 valence electrons. The second-order valence-corrected chi connectivity index (χ2v) is 5.74. The second kappa shape index (κ2) is 6.76. The number of hydrogen-bond acceptors (Lipinski definition) is 5. The van der Waals surface area contributed by atoms with Crippen molar-refractivity contribution in [2.45, 2.75) is 17.8 Å². The molecule has 0 bridgehead atoms. The fraction of sp³-hybridized carbons (Fsp3) is 0.333. The maximum absolute atomic E-state index is 13.3. The Kier molecular flexibility index (Phi) is 5.12. The summed E-state index contributed by atoms with van der Waals surface area (Å²) in [5, 5.41) is 9.55. The fourth-order valence-corrected chi connectivity index (χ4v) is 2.78. The standard InChI is InChI=1S/C15H15F3N2O3S/c1-20-13(22)9(12(15(16,17)18)19-14(20)24-3)6-8-4-5-10(21)11(7-8)23-2/h4-5,7,21H,6H2,1-3H3.